The Morgan fingerprint density at radius 2 is 1.36 bits per heavy atom. The first-order valence-corrected chi connectivity index (χ1v) is 11.3. The molecule has 0 heterocycles. The fourth-order valence-corrected chi connectivity index (χ4v) is 3.11. The lowest BCUT2D eigenvalue weighted by atomic mass is 10.0. The first-order chi connectivity index (χ1) is 16.8. The molecule has 0 saturated carbocycles. The summed E-state index contributed by atoms with van der Waals surface area (Å²) < 4.78 is 0. The number of primary amides is 2. The average molecular weight is 527 g/mol. The fourth-order valence-electron chi connectivity index (χ4n) is 2.94. The number of thiol groups is 1. The number of benzene rings is 1. The molecule has 1 aromatic carbocycles. The minimum absolute atomic E-state index is 0.0350. The number of carboxylic acid groups (broad SMARTS) is 1. The third-order valence-electron chi connectivity index (χ3n) is 4.87. The van der Waals surface area contributed by atoms with Gasteiger partial charge in [-0.25, -0.2) is 4.79 Å². The first kappa shape index (κ1) is 30.2. The largest absolute Gasteiger partial charge is 0.508 e. The molecule has 15 heteroatoms. The molecular weight excluding hydrogens is 496 g/mol. The van der Waals surface area contributed by atoms with Crippen LogP contribution in [0.15, 0.2) is 24.3 Å². The number of hydrogen-bond acceptors (Lipinski definition) is 9. The molecule has 0 saturated heterocycles. The minimum Gasteiger partial charge on any atom is -0.508 e. The summed E-state index contributed by atoms with van der Waals surface area (Å²) in [5, 5.41) is 25.7. The van der Waals surface area contributed by atoms with Gasteiger partial charge in [-0.15, -0.1) is 0 Å². The molecule has 11 N–H and O–H groups in total. The second-order valence-electron chi connectivity index (χ2n) is 7.86. The second-order valence-corrected chi connectivity index (χ2v) is 8.22. The van der Waals surface area contributed by atoms with Crippen LogP contribution in [0.3, 0.4) is 0 Å². The van der Waals surface area contributed by atoms with Crippen molar-refractivity contribution in [3.63, 3.8) is 0 Å². The van der Waals surface area contributed by atoms with Crippen LogP contribution >= 0.6 is 12.6 Å². The number of carbonyl (C=O) groups excluding carboxylic acids is 5. The van der Waals surface area contributed by atoms with Crippen molar-refractivity contribution in [2.75, 3.05) is 5.75 Å². The third-order valence-corrected chi connectivity index (χ3v) is 5.27. The van der Waals surface area contributed by atoms with Crippen molar-refractivity contribution >= 4 is 48.1 Å². The molecule has 198 valence electrons. The number of aromatic hydroxyl groups is 1. The Bertz CT molecular complexity index is 974. The van der Waals surface area contributed by atoms with E-state index in [0.29, 0.717) is 5.56 Å². The predicted molar refractivity (Wildman–Crippen MR) is 129 cm³/mol. The van der Waals surface area contributed by atoms with Crippen LogP contribution in [0.5, 0.6) is 5.75 Å². The molecule has 0 spiro atoms. The zero-order valence-corrected chi connectivity index (χ0v) is 20.1. The summed E-state index contributed by atoms with van der Waals surface area (Å²) >= 11 is 3.90. The Morgan fingerprint density at radius 1 is 0.833 bits per heavy atom. The zero-order chi connectivity index (χ0) is 27.4. The van der Waals surface area contributed by atoms with Crippen LogP contribution in [0, 0.1) is 0 Å². The molecule has 0 radical (unpaired) electrons. The highest BCUT2D eigenvalue weighted by Gasteiger charge is 2.31. The predicted octanol–water partition coefficient (Wildman–Crippen LogP) is -3.13. The van der Waals surface area contributed by atoms with Gasteiger partial charge in [0.1, 0.15) is 23.9 Å². The van der Waals surface area contributed by atoms with Crippen molar-refractivity contribution in [1.82, 2.24) is 16.0 Å². The van der Waals surface area contributed by atoms with E-state index in [-0.39, 0.29) is 30.8 Å². The summed E-state index contributed by atoms with van der Waals surface area (Å²) in [7, 11) is 0. The highest BCUT2D eigenvalue weighted by atomic mass is 32.1. The van der Waals surface area contributed by atoms with Crippen molar-refractivity contribution in [1.29, 1.82) is 0 Å². The van der Waals surface area contributed by atoms with Crippen LogP contribution in [-0.4, -0.2) is 75.6 Å². The van der Waals surface area contributed by atoms with Gasteiger partial charge in [-0.3, -0.25) is 24.0 Å². The van der Waals surface area contributed by atoms with E-state index in [9.17, 15) is 39.0 Å². The van der Waals surface area contributed by atoms with Gasteiger partial charge in [0.05, 0.1) is 12.5 Å². The van der Waals surface area contributed by atoms with Gasteiger partial charge < -0.3 is 43.4 Å². The number of nitrogens with two attached hydrogens (primary N) is 3. The SMILES string of the molecule is NC(=O)CCC(NC(=O)C(N)CS)C(=O)NC(CC(N)=O)C(=O)NC(Cc1ccc(O)cc1)C(=O)O. The van der Waals surface area contributed by atoms with E-state index in [2.05, 4.69) is 28.6 Å². The molecule has 0 aromatic heterocycles. The van der Waals surface area contributed by atoms with Crippen LogP contribution in [0.1, 0.15) is 24.8 Å². The summed E-state index contributed by atoms with van der Waals surface area (Å²) in [5.74, 6) is -5.95. The average Bonchev–Trinajstić information content (AvgIpc) is 2.80. The van der Waals surface area contributed by atoms with Gasteiger partial charge in [0.15, 0.2) is 0 Å². The molecule has 36 heavy (non-hydrogen) atoms. The molecule has 0 bridgehead atoms. The lowest BCUT2D eigenvalue weighted by Gasteiger charge is -2.24. The quantitative estimate of drug-likeness (QED) is 0.105. The molecule has 0 aliphatic carbocycles. The maximum absolute atomic E-state index is 12.8. The first-order valence-electron chi connectivity index (χ1n) is 10.7. The third kappa shape index (κ3) is 10.6. The molecular formula is C21H30N6O8S. The summed E-state index contributed by atoms with van der Waals surface area (Å²) in [6.07, 6.45) is -1.39. The Morgan fingerprint density at radius 3 is 1.86 bits per heavy atom. The Hall–Kier alpha value is -3.85. The van der Waals surface area contributed by atoms with Gasteiger partial charge in [-0.1, -0.05) is 12.1 Å². The van der Waals surface area contributed by atoms with Crippen LogP contribution in [0.4, 0.5) is 0 Å². The fraction of sp³-hybridized carbons (Fsp3) is 0.429. The highest BCUT2D eigenvalue weighted by molar-refractivity contribution is 7.80. The van der Waals surface area contributed by atoms with Crippen LogP contribution in [-0.2, 0) is 35.2 Å². The summed E-state index contributed by atoms with van der Waals surface area (Å²) in [5.41, 5.74) is 16.4. The standard InChI is InChI=1S/C21H30N6O8S/c22-12(9-36)18(31)25-13(5-6-16(23)29)19(32)26-14(8-17(24)30)20(33)27-15(21(34)35)7-10-1-3-11(28)4-2-10/h1-4,12-15,28,36H,5-9,22H2,(H2,23,29)(H2,24,30)(H,25,31)(H,26,32)(H,27,33)(H,34,35). The molecule has 5 amide bonds. The lowest BCUT2D eigenvalue weighted by Crippen LogP contribution is -2.58. The van der Waals surface area contributed by atoms with Crippen molar-refractivity contribution in [2.45, 2.75) is 49.9 Å². The lowest BCUT2D eigenvalue weighted by molar-refractivity contribution is -0.142. The topological polar surface area (TPSA) is 257 Å². The molecule has 4 unspecified atom stereocenters. The van der Waals surface area contributed by atoms with Crippen LogP contribution < -0.4 is 33.2 Å². The molecule has 1 aromatic rings. The monoisotopic (exact) mass is 526 g/mol. The highest BCUT2D eigenvalue weighted by Crippen LogP contribution is 2.12. The number of phenols is 1. The molecule has 14 nitrogen and oxygen atoms in total. The van der Waals surface area contributed by atoms with E-state index in [1.165, 1.54) is 24.3 Å². The van der Waals surface area contributed by atoms with Gasteiger partial charge in [-0.2, -0.15) is 12.6 Å². The van der Waals surface area contributed by atoms with E-state index in [0.717, 1.165) is 0 Å². The molecule has 0 aliphatic heterocycles. The van der Waals surface area contributed by atoms with E-state index in [1.54, 1.807) is 0 Å². The van der Waals surface area contributed by atoms with Crippen molar-refractivity contribution in [3.05, 3.63) is 29.8 Å². The maximum atomic E-state index is 12.8. The van der Waals surface area contributed by atoms with E-state index in [4.69, 9.17) is 17.2 Å². The minimum atomic E-state index is -1.59. The number of aliphatic carboxylic acids is 1. The summed E-state index contributed by atoms with van der Waals surface area (Å²) in [6, 6.07) is 0.128. The Kier molecular flexibility index (Phi) is 12.2. The number of nitrogens with one attached hydrogen (secondary N) is 3. The Labute approximate surface area is 211 Å². The molecule has 1 rings (SSSR count). The number of carboxylic acids is 1. The summed E-state index contributed by atoms with van der Waals surface area (Å²) in [6.45, 7) is 0. The zero-order valence-electron chi connectivity index (χ0n) is 19.2. The van der Waals surface area contributed by atoms with Crippen LogP contribution in [0.2, 0.25) is 0 Å². The Balaban J connectivity index is 3.03. The number of carbonyl (C=O) groups is 6. The van der Waals surface area contributed by atoms with E-state index in [1.807, 2.05) is 0 Å². The van der Waals surface area contributed by atoms with Crippen molar-refractivity contribution < 1.29 is 39.0 Å². The van der Waals surface area contributed by atoms with Gasteiger partial charge in [0.25, 0.3) is 0 Å². The number of amides is 5. The molecule has 4 atom stereocenters. The van der Waals surface area contributed by atoms with Gasteiger partial charge in [0.2, 0.25) is 29.5 Å². The maximum Gasteiger partial charge on any atom is 0.326 e. The smallest absolute Gasteiger partial charge is 0.326 e. The molecule has 0 fully saturated rings. The summed E-state index contributed by atoms with van der Waals surface area (Å²) in [4.78, 5) is 72.2. The van der Waals surface area contributed by atoms with E-state index >= 15 is 0 Å². The van der Waals surface area contributed by atoms with Gasteiger partial charge in [0, 0.05) is 18.6 Å². The number of hydrogen-bond donors (Lipinski definition) is 9. The van der Waals surface area contributed by atoms with Crippen molar-refractivity contribution in [3.8, 4) is 5.75 Å². The van der Waals surface area contributed by atoms with Gasteiger partial charge >= 0.3 is 5.97 Å². The second kappa shape index (κ2) is 14.5. The molecule has 0 aliphatic rings. The van der Waals surface area contributed by atoms with Crippen molar-refractivity contribution in [2.24, 2.45) is 17.2 Å². The van der Waals surface area contributed by atoms with Crippen LogP contribution in [0.25, 0.3) is 0 Å². The van der Waals surface area contributed by atoms with Gasteiger partial charge in [-0.05, 0) is 24.1 Å². The number of rotatable bonds is 15. The van der Waals surface area contributed by atoms with E-state index < -0.39 is 66.1 Å². The normalized spacial score (nSPS) is 13.9. The number of phenolic OH excluding ortho intramolecular Hbond substituents is 1.